The molecule has 6 N–H and O–H groups in total. The zero-order chi connectivity index (χ0) is 41.3. The van der Waals surface area contributed by atoms with Crippen LogP contribution in [-0.2, 0) is 30.3 Å². The third-order valence-corrected chi connectivity index (χ3v) is 10.0. The zero-order valence-electron chi connectivity index (χ0n) is 34.5. The highest BCUT2D eigenvalue weighted by molar-refractivity contribution is 5.95. The first-order valence-electron chi connectivity index (χ1n) is 20.1. The Labute approximate surface area is 331 Å². The minimum atomic E-state index is -1.08. The van der Waals surface area contributed by atoms with E-state index < -0.39 is 36.2 Å². The van der Waals surface area contributed by atoms with Crippen LogP contribution in [0.15, 0.2) is 30.5 Å². The van der Waals surface area contributed by atoms with Crippen LogP contribution in [0, 0.1) is 5.41 Å². The summed E-state index contributed by atoms with van der Waals surface area (Å²) in [4.78, 5) is 61.4. The van der Waals surface area contributed by atoms with Crippen LogP contribution in [0.2, 0.25) is 0 Å². The molecule has 1 aliphatic heterocycles. The van der Waals surface area contributed by atoms with Crippen molar-refractivity contribution in [1.29, 1.82) is 0 Å². The van der Waals surface area contributed by atoms with Gasteiger partial charge in [0.25, 0.3) is 0 Å². The summed E-state index contributed by atoms with van der Waals surface area (Å²) in [6, 6.07) is 5.06. The Morgan fingerprint density at radius 2 is 1.61 bits per heavy atom. The fourth-order valence-corrected chi connectivity index (χ4v) is 7.16. The molecular formula is C40H67N7O9. The van der Waals surface area contributed by atoms with Crippen LogP contribution in [-0.4, -0.2) is 107 Å². The standard InChI is InChI=1S/C40H67N7O9/c1-8-9-21-35(55-27-41-22-14-10-11-15-23-56-47(52)53)44-36(48)32(24-30-26-45(39(51)54-7)34-20-13-12-19-31(30)34)42-37(49)33(25-40(4,5)6)43-38(50)46-28(2)17-16-18-29(46)3/h12-13,19-20,26,28-29,32-33,35,41,52-53H,8-11,14-18,21-25,27H2,1-7H3,(H,42,49)(H,43,50)(H,44,48)/t28?,29?,32?,33?,35-/m0/s1. The van der Waals surface area contributed by atoms with Crippen LogP contribution in [0.4, 0.5) is 9.59 Å². The third kappa shape index (κ3) is 15.3. The van der Waals surface area contributed by atoms with E-state index in [0.29, 0.717) is 36.9 Å². The van der Waals surface area contributed by atoms with E-state index in [2.05, 4.69) is 33.0 Å². The maximum absolute atomic E-state index is 14.3. The fourth-order valence-electron chi connectivity index (χ4n) is 7.16. The SMILES string of the molecule is CCCC[C@@H](NC(=O)C(Cc1cn(C(=O)OC)c2ccccc12)NC(=O)C(CC(C)(C)C)NC(=O)N1C(C)CCCC1C)OCNCCCCCCON(O)O. The van der Waals surface area contributed by atoms with Gasteiger partial charge in [-0.2, -0.15) is 0 Å². The second kappa shape index (κ2) is 23.4. The number of nitrogens with zero attached hydrogens (tertiary/aromatic N) is 3. The van der Waals surface area contributed by atoms with E-state index in [1.165, 1.54) is 11.7 Å². The highest BCUT2D eigenvalue weighted by atomic mass is 17.1. The Kier molecular flexibility index (Phi) is 19.5. The number of urea groups is 1. The number of hydrogen-bond donors (Lipinski definition) is 6. The van der Waals surface area contributed by atoms with E-state index in [1.807, 2.05) is 57.7 Å². The molecule has 4 unspecified atom stereocenters. The van der Waals surface area contributed by atoms with Crippen LogP contribution in [0.3, 0.4) is 0 Å². The number of rotatable bonds is 22. The highest BCUT2D eigenvalue weighted by Gasteiger charge is 2.35. The van der Waals surface area contributed by atoms with Crippen molar-refractivity contribution in [1.82, 2.24) is 36.1 Å². The van der Waals surface area contributed by atoms with Crippen LogP contribution < -0.4 is 21.3 Å². The lowest BCUT2D eigenvalue weighted by atomic mass is 9.87. The molecule has 0 saturated carbocycles. The molecular weight excluding hydrogens is 722 g/mol. The van der Waals surface area contributed by atoms with Crippen molar-refractivity contribution < 1.29 is 43.9 Å². The molecule has 56 heavy (non-hydrogen) atoms. The van der Waals surface area contributed by atoms with Gasteiger partial charge in [0.05, 0.1) is 31.4 Å². The van der Waals surface area contributed by atoms with Crippen molar-refractivity contribution in [3.8, 4) is 0 Å². The molecule has 1 aromatic heterocycles. The van der Waals surface area contributed by atoms with Gasteiger partial charge in [-0.3, -0.25) is 34.7 Å². The number of nitrogens with one attached hydrogen (secondary N) is 4. The number of para-hydroxylation sites is 1. The summed E-state index contributed by atoms with van der Waals surface area (Å²) < 4.78 is 12.5. The molecule has 0 aliphatic carbocycles. The summed E-state index contributed by atoms with van der Waals surface area (Å²) in [7, 11) is 1.30. The fraction of sp³-hybridized carbons (Fsp3) is 0.700. The van der Waals surface area contributed by atoms with Gasteiger partial charge in [-0.1, -0.05) is 65.2 Å². The van der Waals surface area contributed by atoms with Gasteiger partial charge in [-0.15, -0.1) is 0 Å². The largest absolute Gasteiger partial charge is 0.452 e. The van der Waals surface area contributed by atoms with Gasteiger partial charge in [-0.25, -0.2) is 9.59 Å². The van der Waals surface area contributed by atoms with Crippen molar-refractivity contribution in [2.24, 2.45) is 5.41 Å². The van der Waals surface area contributed by atoms with E-state index in [4.69, 9.17) is 19.9 Å². The van der Waals surface area contributed by atoms with E-state index in [1.54, 1.807) is 12.3 Å². The number of hydrogen-bond acceptors (Lipinski definition) is 11. The molecule has 16 heteroatoms. The molecule has 16 nitrogen and oxygen atoms in total. The maximum Gasteiger partial charge on any atom is 0.418 e. The average molecular weight is 790 g/mol. The van der Waals surface area contributed by atoms with Crippen molar-refractivity contribution in [2.75, 3.05) is 27.0 Å². The van der Waals surface area contributed by atoms with Crippen LogP contribution in [0.25, 0.3) is 10.9 Å². The Morgan fingerprint density at radius 3 is 2.27 bits per heavy atom. The van der Waals surface area contributed by atoms with Gasteiger partial charge in [0.2, 0.25) is 11.8 Å². The van der Waals surface area contributed by atoms with Gasteiger partial charge < -0.3 is 30.3 Å². The molecule has 1 fully saturated rings. The van der Waals surface area contributed by atoms with E-state index in [0.717, 1.165) is 56.8 Å². The number of methoxy groups -OCH3 is 1. The lowest BCUT2D eigenvalue weighted by Gasteiger charge is -2.40. The Morgan fingerprint density at radius 1 is 0.929 bits per heavy atom. The zero-order valence-corrected chi connectivity index (χ0v) is 34.5. The molecule has 4 amide bonds. The Hall–Kier alpha value is -3.80. The lowest BCUT2D eigenvalue weighted by Crippen LogP contribution is -2.59. The number of fused-ring (bicyclic) bond motifs is 1. The number of piperidine rings is 1. The topological polar surface area (TPSA) is 196 Å². The van der Waals surface area contributed by atoms with Crippen molar-refractivity contribution >= 4 is 34.8 Å². The molecule has 1 aliphatic rings. The number of carbonyl (C=O) groups excluding carboxylic acids is 4. The van der Waals surface area contributed by atoms with Crippen LogP contribution in [0.1, 0.15) is 118 Å². The monoisotopic (exact) mass is 790 g/mol. The first kappa shape index (κ1) is 46.6. The summed E-state index contributed by atoms with van der Waals surface area (Å²) in [5.74, 6) is -0.938. The number of carbonyl (C=O) groups is 4. The van der Waals surface area contributed by atoms with Gasteiger partial charge in [0.1, 0.15) is 18.3 Å². The summed E-state index contributed by atoms with van der Waals surface area (Å²) in [6.07, 6.45) is 9.14. The normalized spacial score (nSPS) is 17.7. The average Bonchev–Trinajstić information content (AvgIpc) is 3.50. The molecule has 1 saturated heterocycles. The summed E-state index contributed by atoms with van der Waals surface area (Å²) in [5, 5.41) is 30.0. The summed E-state index contributed by atoms with van der Waals surface area (Å²) in [5.41, 5.74) is 0.929. The highest BCUT2D eigenvalue weighted by Crippen LogP contribution is 2.26. The first-order valence-corrected chi connectivity index (χ1v) is 20.1. The van der Waals surface area contributed by atoms with Crippen LogP contribution >= 0.6 is 0 Å². The number of unbranched alkanes of at least 4 members (excludes halogenated alkanes) is 4. The second-order valence-corrected chi connectivity index (χ2v) is 16.0. The van der Waals surface area contributed by atoms with Crippen molar-refractivity contribution in [3.63, 3.8) is 0 Å². The Balaban J connectivity index is 1.82. The van der Waals surface area contributed by atoms with Gasteiger partial charge in [0.15, 0.2) is 0 Å². The Bertz CT molecular complexity index is 1520. The smallest absolute Gasteiger partial charge is 0.418 e. The number of amides is 4. The number of aromatic nitrogens is 1. The molecule has 0 spiro atoms. The number of likely N-dealkylation sites (tertiary alicyclic amines) is 1. The predicted octanol–water partition coefficient (Wildman–Crippen LogP) is 5.83. The molecule has 3 rings (SSSR count). The minimum absolute atomic E-state index is 0.0316. The minimum Gasteiger partial charge on any atom is -0.452 e. The predicted molar refractivity (Wildman–Crippen MR) is 212 cm³/mol. The number of ether oxygens (including phenoxy) is 2. The van der Waals surface area contributed by atoms with Gasteiger partial charge in [-0.05, 0) is 88.8 Å². The molecule has 0 radical (unpaired) electrons. The number of benzene rings is 1. The molecule has 5 atom stereocenters. The second-order valence-electron chi connectivity index (χ2n) is 16.0. The molecule has 1 aromatic carbocycles. The molecule has 316 valence electrons. The molecule has 2 heterocycles. The van der Waals surface area contributed by atoms with E-state index in [9.17, 15) is 19.2 Å². The quantitative estimate of drug-likeness (QED) is 0.0477. The molecule has 2 aromatic rings. The van der Waals surface area contributed by atoms with E-state index in [-0.39, 0.29) is 48.7 Å². The summed E-state index contributed by atoms with van der Waals surface area (Å²) in [6.45, 7) is 13.2. The van der Waals surface area contributed by atoms with Crippen molar-refractivity contribution in [3.05, 3.63) is 36.0 Å². The van der Waals surface area contributed by atoms with Gasteiger partial charge >= 0.3 is 12.1 Å². The summed E-state index contributed by atoms with van der Waals surface area (Å²) >= 11 is 0. The maximum atomic E-state index is 14.3. The van der Waals surface area contributed by atoms with Crippen molar-refractivity contribution in [2.45, 2.75) is 149 Å². The first-order chi connectivity index (χ1) is 26.6. The van der Waals surface area contributed by atoms with E-state index >= 15 is 0 Å². The third-order valence-electron chi connectivity index (χ3n) is 10.0. The molecule has 0 bridgehead atoms. The van der Waals surface area contributed by atoms with Crippen LogP contribution in [0.5, 0.6) is 0 Å². The lowest BCUT2D eigenvalue weighted by molar-refractivity contribution is -0.492. The van der Waals surface area contributed by atoms with Gasteiger partial charge in [0, 0.05) is 30.1 Å².